The molecule has 22 heavy (non-hydrogen) atoms. The maximum absolute atomic E-state index is 11.3. The van der Waals surface area contributed by atoms with E-state index in [-0.39, 0.29) is 12.0 Å². The van der Waals surface area contributed by atoms with Crippen molar-refractivity contribution in [2.24, 2.45) is 5.92 Å². The first-order valence-corrected chi connectivity index (χ1v) is 7.10. The Kier molecular flexibility index (Phi) is 8.25. The molecule has 5 heteroatoms. The molecule has 0 saturated heterocycles. The number of ether oxygens (including phenoxy) is 4. The smallest absolute Gasteiger partial charge is 0.333 e. The summed E-state index contributed by atoms with van der Waals surface area (Å²) in [5, 5.41) is 0. The summed E-state index contributed by atoms with van der Waals surface area (Å²) in [6, 6.07) is 9.91. The lowest BCUT2D eigenvalue weighted by Gasteiger charge is -2.24. The zero-order valence-corrected chi connectivity index (χ0v) is 13.6. The third-order valence-corrected chi connectivity index (χ3v) is 3.40. The van der Waals surface area contributed by atoms with Crippen LogP contribution in [0.1, 0.15) is 12.5 Å². The first-order chi connectivity index (χ1) is 10.6. The Morgan fingerprint density at radius 3 is 2.36 bits per heavy atom. The Labute approximate surface area is 131 Å². The quantitative estimate of drug-likeness (QED) is 0.399. The van der Waals surface area contributed by atoms with Crippen molar-refractivity contribution in [1.29, 1.82) is 0 Å². The summed E-state index contributed by atoms with van der Waals surface area (Å²) in [5.74, 6) is -0.0874. The Balaban J connectivity index is 2.58. The summed E-state index contributed by atoms with van der Waals surface area (Å²) in [7, 11) is 4.45. The molecule has 2 atom stereocenters. The third-order valence-electron chi connectivity index (χ3n) is 3.40. The number of methoxy groups -OCH3 is 3. The Bertz CT molecular complexity index is 469. The van der Waals surface area contributed by atoms with Crippen molar-refractivity contribution < 1.29 is 23.7 Å². The number of hydrogen-bond acceptors (Lipinski definition) is 5. The number of benzene rings is 1. The molecule has 1 rings (SSSR count). The van der Waals surface area contributed by atoms with Crippen molar-refractivity contribution >= 4 is 5.97 Å². The molecule has 0 bridgehead atoms. The Morgan fingerprint density at radius 2 is 1.82 bits per heavy atom. The van der Waals surface area contributed by atoms with E-state index in [9.17, 15) is 4.79 Å². The molecule has 1 aromatic carbocycles. The first kappa shape index (κ1) is 18.2. The summed E-state index contributed by atoms with van der Waals surface area (Å²) < 4.78 is 21.0. The highest BCUT2D eigenvalue weighted by molar-refractivity contribution is 5.82. The lowest BCUT2D eigenvalue weighted by molar-refractivity contribution is -0.135. The van der Waals surface area contributed by atoms with Crippen LogP contribution in [0, 0.1) is 5.92 Å². The van der Waals surface area contributed by atoms with E-state index in [1.807, 2.05) is 37.3 Å². The van der Waals surface area contributed by atoms with Gasteiger partial charge in [0.15, 0.2) is 0 Å². The fourth-order valence-corrected chi connectivity index (χ4v) is 2.02. The van der Waals surface area contributed by atoms with E-state index in [1.165, 1.54) is 20.3 Å². The second-order valence-corrected chi connectivity index (χ2v) is 4.84. The van der Waals surface area contributed by atoms with Gasteiger partial charge >= 0.3 is 5.97 Å². The van der Waals surface area contributed by atoms with Gasteiger partial charge in [-0.2, -0.15) is 0 Å². The van der Waals surface area contributed by atoms with Crippen molar-refractivity contribution in [3.8, 4) is 0 Å². The summed E-state index contributed by atoms with van der Waals surface area (Å²) in [5.41, 5.74) is 1.10. The van der Waals surface area contributed by atoms with Gasteiger partial charge in [0.2, 0.25) is 0 Å². The standard InChI is InChI=1S/C17H24O5/c1-13(15(19-2)10-17(18)21-4)16(20-3)12-22-11-14-8-6-5-7-9-14/h5-10,13,16H,11-12H2,1-4H3/b15-10+/t13-,16-/m1/s1. The molecule has 0 aliphatic heterocycles. The van der Waals surface area contributed by atoms with E-state index >= 15 is 0 Å². The Hall–Kier alpha value is -1.85. The number of carbonyl (C=O) groups is 1. The van der Waals surface area contributed by atoms with E-state index in [4.69, 9.17) is 14.2 Å². The maximum Gasteiger partial charge on any atom is 0.333 e. The van der Waals surface area contributed by atoms with Crippen LogP contribution in [0.4, 0.5) is 0 Å². The van der Waals surface area contributed by atoms with Crippen LogP contribution >= 0.6 is 0 Å². The molecule has 0 aromatic heterocycles. The van der Waals surface area contributed by atoms with Crippen LogP contribution in [-0.2, 0) is 30.3 Å². The molecule has 122 valence electrons. The molecule has 0 N–H and O–H groups in total. The lowest BCUT2D eigenvalue weighted by atomic mass is 10.0. The van der Waals surface area contributed by atoms with Crippen LogP contribution < -0.4 is 0 Å². The van der Waals surface area contributed by atoms with Crippen molar-refractivity contribution in [3.63, 3.8) is 0 Å². The highest BCUT2D eigenvalue weighted by Gasteiger charge is 2.23. The highest BCUT2D eigenvalue weighted by atomic mass is 16.5. The lowest BCUT2D eigenvalue weighted by Crippen LogP contribution is -2.28. The zero-order valence-electron chi connectivity index (χ0n) is 13.6. The fourth-order valence-electron chi connectivity index (χ4n) is 2.02. The molecular formula is C17H24O5. The van der Waals surface area contributed by atoms with E-state index < -0.39 is 5.97 Å². The largest absolute Gasteiger partial charge is 0.500 e. The van der Waals surface area contributed by atoms with Crippen LogP contribution in [0.15, 0.2) is 42.2 Å². The minimum atomic E-state index is -0.455. The average molecular weight is 308 g/mol. The minimum Gasteiger partial charge on any atom is -0.500 e. The van der Waals surface area contributed by atoms with Gasteiger partial charge in [0.1, 0.15) is 5.76 Å². The van der Waals surface area contributed by atoms with Crippen LogP contribution in [0.3, 0.4) is 0 Å². The predicted octanol–water partition coefficient (Wildman–Crippen LogP) is 2.56. The van der Waals surface area contributed by atoms with Crippen LogP contribution in [0.25, 0.3) is 0 Å². The summed E-state index contributed by atoms with van der Waals surface area (Å²) in [6.45, 7) is 2.82. The fraction of sp³-hybridized carbons (Fsp3) is 0.471. The molecular weight excluding hydrogens is 284 g/mol. The molecule has 0 fully saturated rings. The van der Waals surface area contributed by atoms with Crippen LogP contribution in [-0.4, -0.2) is 40.0 Å². The van der Waals surface area contributed by atoms with Crippen molar-refractivity contribution in [2.75, 3.05) is 27.9 Å². The second kappa shape index (κ2) is 9.97. The SMILES string of the molecule is COC(=O)/C=C(/OC)[C@@H](C)[C@@H](COCc1ccccc1)OC. The van der Waals surface area contributed by atoms with Gasteiger partial charge in [0.05, 0.1) is 39.6 Å². The van der Waals surface area contributed by atoms with E-state index in [2.05, 4.69) is 4.74 Å². The molecule has 0 spiro atoms. The van der Waals surface area contributed by atoms with Crippen molar-refractivity contribution in [1.82, 2.24) is 0 Å². The molecule has 0 radical (unpaired) electrons. The molecule has 0 amide bonds. The highest BCUT2D eigenvalue weighted by Crippen LogP contribution is 2.19. The number of rotatable bonds is 9. The minimum absolute atomic E-state index is 0.134. The summed E-state index contributed by atoms with van der Waals surface area (Å²) in [4.78, 5) is 11.3. The Morgan fingerprint density at radius 1 is 1.14 bits per heavy atom. The van der Waals surface area contributed by atoms with Crippen molar-refractivity contribution in [3.05, 3.63) is 47.7 Å². The molecule has 0 unspecified atom stereocenters. The number of hydrogen-bond donors (Lipinski definition) is 0. The van der Waals surface area contributed by atoms with Crippen LogP contribution in [0.2, 0.25) is 0 Å². The van der Waals surface area contributed by atoms with Crippen LogP contribution in [0.5, 0.6) is 0 Å². The van der Waals surface area contributed by atoms with Gasteiger partial charge in [0, 0.05) is 13.0 Å². The van der Waals surface area contributed by atoms with Gasteiger partial charge in [-0.1, -0.05) is 37.3 Å². The summed E-state index contributed by atoms with van der Waals surface area (Å²) in [6.07, 6.45) is 1.10. The molecule has 0 saturated carbocycles. The molecule has 5 nitrogen and oxygen atoms in total. The zero-order chi connectivity index (χ0) is 16.4. The first-order valence-electron chi connectivity index (χ1n) is 7.10. The maximum atomic E-state index is 11.3. The number of esters is 1. The van der Waals surface area contributed by atoms with E-state index in [1.54, 1.807) is 7.11 Å². The molecule has 0 aliphatic carbocycles. The second-order valence-electron chi connectivity index (χ2n) is 4.84. The van der Waals surface area contributed by atoms with Gasteiger partial charge < -0.3 is 18.9 Å². The van der Waals surface area contributed by atoms with Gasteiger partial charge in [0.25, 0.3) is 0 Å². The topological polar surface area (TPSA) is 54.0 Å². The van der Waals surface area contributed by atoms with E-state index in [0.717, 1.165) is 5.56 Å². The monoisotopic (exact) mass is 308 g/mol. The van der Waals surface area contributed by atoms with Gasteiger partial charge in [-0.05, 0) is 5.56 Å². The molecule has 0 aliphatic rings. The van der Waals surface area contributed by atoms with Crippen molar-refractivity contribution in [2.45, 2.75) is 19.6 Å². The van der Waals surface area contributed by atoms with Gasteiger partial charge in [-0.25, -0.2) is 4.79 Å². The van der Waals surface area contributed by atoms with E-state index in [0.29, 0.717) is 19.0 Å². The summed E-state index contributed by atoms with van der Waals surface area (Å²) >= 11 is 0. The molecule has 1 aromatic rings. The van der Waals surface area contributed by atoms with Gasteiger partial charge in [-0.15, -0.1) is 0 Å². The molecule has 0 heterocycles. The third kappa shape index (κ3) is 5.87. The average Bonchev–Trinajstić information content (AvgIpc) is 2.56. The normalized spacial score (nSPS) is 14.3. The predicted molar refractivity (Wildman–Crippen MR) is 83.2 cm³/mol. The number of carbonyl (C=O) groups excluding carboxylic acids is 1. The van der Waals surface area contributed by atoms with Gasteiger partial charge in [-0.3, -0.25) is 0 Å².